The van der Waals surface area contributed by atoms with Crippen LogP contribution in [0.4, 0.5) is 5.95 Å². The maximum Gasteiger partial charge on any atom is 0.270 e. The Hall–Kier alpha value is -4.82. The number of hydrogen-bond acceptors (Lipinski definition) is 7. The lowest BCUT2D eigenvalue weighted by Crippen LogP contribution is -2.16. The van der Waals surface area contributed by atoms with Gasteiger partial charge in [-0.05, 0) is 31.0 Å². The average molecular weight is 454 g/mol. The highest BCUT2D eigenvalue weighted by Gasteiger charge is 2.14. The first kappa shape index (κ1) is 23.8. The fourth-order valence-corrected chi connectivity index (χ4v) is 3.21. The van der Waals surface area contributed by atoms with Crippen molar-refractivity contribution in [2.45, 2.75) is 13.3 Å². The Morgan fingerprint density at radius 3 is 2.76 bits per heavy atom. The first-order valence-electron chi connectivity index (χ1n) is 10.5. The Morgan fingerprint density at radius 1 is 1.29 bits per heavy atom. The molecule has 8 nitrogen and oxygen atoms in total. The van der Waals surface area contributed by atoms with Gasteiger partial charge in [0.1, 0.15) is 18.2 Å². The number of aromatic nitrogens is 2. The van der Waals surface area contributed by atoms with Crippen LogP contribution in [0.2, 0.25) is 0 Å². The molecule has 3 aromatic rings. The van der Waals surface area contributed by atoms with Crippen LogP contribution in [0.1, 0.15) is 23.6 Å². The number of ether oxygens (including phenoxy) is 2. The van der Waals surface area contributed by atoms with Crippen molar-refractivity contribution >= 4 is 12.2 Å². The Labute approximate surface area is 197 Å². The number of allylic oxidation sites excluding steroid dienone is 1. The van der Waals surface area contributed by atoms with Crippen LogP contribution in [0.25, 0.3) is 11.3 Å². The second-order valence-corrected chi connectivity index (χ2v) is 6.91. The van der Waals surface area contributed by atoms with E-state index in [4.69, 9.17) is 15.9 Å². The summed E-state index contributed by atoms with van der Waals surface area (Å²) in [6.45, 7) is 6.22. The predicted molar refractivity (Wildman–Crippen MR) is 132 cm³/mol. The summed E-state index contributed by atoms with van der Waals surface area (Å²) in [7, 11) is 0. The molecule has 8 heteroatoms. The topological polar surface area (TPSA) is 112 Å². The number of hydrazone groups is 1. The monoisotopic (exact) mass is 453 g/mol. The first-order valence-corrected chi connectivity index (χ1v) is 10.5. The Bertz CT molecular complexity index is 1330. The van der Waals surface area contributed by atoms with E-state index < -0.39 is 5.56 Å². The summed E-state index contributed by atoms with van der Waals surface area (Å²) >= 11 is 0. The van der Waals surface area contributed by atoms with Gasteiger partial charge in [0.2, 0.25) is 5.95 Å². The molecule has 34 heavy (non-hydrogen) atoms. The van der Waals surface area contributed by atoms with Gasteiger partial charge >= 0.3 is 0 Å². The fraction of sp³-hybridized carbons (Fsp3) is 0.154. The van der Waals surface area contributed by atoms with Crippen molar-refractivity contribution < 1.29 is 9.47 Å². The van der Waals surface area contributed by atoms with Crippen LogP contribution in [0.3, 0.4) is 0 Å². The third-order valence-electron chi connectivity index (χ3n) is 4.58. The van der Waals surface area contributed by atoms with E-state index in [9.17, 15) is 10.1 Å². The number of nitriles is 1. The molecule has 1 heterocycles. The van der Waals surface area contributed by atoms with E-state index in [0.717, 1.165) is 11.1 Å². The Morgan fingerprint density at radius 2 is 2.09 bits per heavy atom. The minimum atomic E-state index is -0.559. The largest absolute Gasteiger partial charge is 0.490 e. The molecular formula is C26H23N5O3. The van der Waals surface area contributed by atoms with Crippen molar-refractivity contribution in [2.24, 2.45) is 5.10 Å². The zero-order valence-electron chi connectivity index (χ0n) is 18.7. The lowest BCUT2D eigenvalue weighted by molar-refractivity contribution is 0.297. The standard InChI is InChI=1S/C26H23N5O3/c1-4-10-20-14-18(15-22(33-6-3)24(20)34-13-5-2)17-28-31-26-29-23(19-11-8-7-9-12-19)21(16-27)25(32)30-26/h2,4,7-9,11-12,14-15,17H,1,6,10,13H2,3H3,(H2,29,30,31,32). The van der Waals surface area contributed by atoms with E-state index in [-0.39, 0.29) is 23.8 Å². The smallest absolute Gasteiger partial charge is 0.270 e. The van der Waals surface area contributed by atoms with E-state index in [1.54, 1.807) is 42.6 Å². The van der Waals surface area contributed by atoms with Crippen LogP contribution in [-0.2, 0) is 6.42 Å². The first-order chi connectivity index (χ1) is 16.6. The summed E-state index contributed by atoms with van der Waals surface area (Å²) in [5.41, 5.74) is 4.57. The normalized spacial score (nSPS) is 10.3. The van der Waals surface area contributed by atoms with Crippen molar-refractivity contribution in [3.05, 3.63) is 82.2 Å². The number of nitrogens with zero attached hydrogens (tertiary/aromatic N) is 3. The highest BCUT2D eigenvalue weighted by molar-refractivity contribution is 5.82. The van der Waals surface area contributed by atoms with Crippen LogP contribution in [-0.4, -0.2) is 29.4 Å². The molecule has 2 N–H and O–H groups in total. The molecule has 0 radical (unpaired) electrons. The molecule has 0 unspecified atom stereocenters. The van der Waals surface area contributed by atoms with Crippen LogP contribution in [0, 0.1) is 23.7 Å². The minimum Gasteiger partial charge on any atom is -0.490 e. The van der Waals surface area contributed by atoms with E-state index in [1.807, 2.05) is 25.1 Å². The second-order valence-electron chi connectivity index (χ2n) is 6.91. The van der Waals surface area contributed by atoms with E-state index in [1.165, 1.54) is 0 Å². The van der Waals surface area contributed by atoms with Gasteiger partial charge in [0.05, 0.1) is 18.5 Å². The van der Waals surface area contributed by atoms with Crippen molar-refractivity contribution in [3.63, 3.8) is 0 Å². The van der Waals surface area contributed by atoms with Gasteiger partial charge in [-0.2, -0.15) is 10.4 Å². The van der Waals surface area contributed by atoms with Crippen molar-refractivity contribution in [1.29, 1.82) is 5.26 Å². The third-order valence-corrected chi connectivity index (χ3v) is 4.58. The Kier molecular flexibility index (Phi) is 8.20. The molecule has 0 saturated heterocycles. The number of hydrogen-bond donors (Lipinski definition) is 2. The molecular weight excluding hydrogens is 430 g/mol. The van der Waals surface area contributed by atoms with Gasteiger partial charge in [0.25, 0.3) is 5.56 Å². The lowest BCUT2D eigenvalue weighted by atomic mass is 10.1. The molecule has 1 aromatic heterocycles. The predicted octanol–water partition coefficient (Wildman–Crippen LogP) is 3.89. The summed E-state index contributed by atoms with van der Waals surface area (Å²) in [5, 5.41) is 13.6. The molecule has 0 spiro atoms. The molecule has 0 aliphatic rings. The van der Waals surface area contributed by atoms with Gasteiger partial charge in [-0.25, -0.2) is 10.4 Å². The van der Waals surface area contributed by atoms with Gasteiger partial charge in [-0.1, -0.05) is 42.3 Å². The van der Waals surface area contributed by atoms with Crippen molar-refractivity contribution in [1.82, 2.24) is 9.97 Å². The van der Waals surface area contributed by atoms with Crippen LogP contribution >= 0.6 is 0 Å². The summed E-state index contributed by atoms with van der Waals surface area (Å²) in [6.07, 6.45) is 9.19. The van der Waals surface area contributed by atoms with Crippen LogP contribution in [0.5, 0.6) is 11.5 Å². The van der Waals surface area contributed by atoms with Gasteiger partial charge in [-0.15, -0.1) is 13.0 Å². The Balaban J connectivity index is 1.92. The molecule has 0 bridgehead atoms. The van der Waals surface area contributed by atoms with E-state index >= 15 is 0 Å². The highest BCUT2D eigenvalue weighted by Crippen LogP contribution is 2.33. The molecule has 0 atom stereocenters. The molecule has 2 aromatic carbocycles. The fourth-order valence-electron chi connectivity index (χ4n) is 3.21. The minimum absolute atomic E-state index is 0.0706. The zero-order valence-corrected chi connectivity index (χ0v) is 18.7. The summed E-state index contributed by atoms with van der Waals surface area (Å²) in [6, 6.07) is 14.6. The van der Waals surface area contributed by atoms with Gasteiger partial charge in [0, 0.05) is 11.1 Å². The highest BCUT2D eigenvalue weighted by atomic mass is 16.5. The number of benzene rings is 2. The quantitative estimate of drug-likeness (QED) is 0.208. The molecule has 3 rings (SSSR count). The molecule has 0 fully saturated rings. The zero-order chi connectivity index (χ0) is 24.3. The van der Waals surface area contributed by atoms with E-state index in [2.05, 4.69) is 33.0 Å². The van der Waals surface area contributed by atoms with Crippen molar-refractivity contribution in [2.75, 3.05) is 18.6 Å². The summed E-state index contributed by atoms with van der Waals surface area (Å²) in [5.74, 6) is 3.66. The average Bonchev–Trinajstić information content (AvgIpc) is 2.84. The lowest BCUT2D eigenvalue weighted by Gasteiger charge is -2.15. The summed E-state index contributed by atoms with van der Waals surface area (Å²) < 4.78 is 11.4. The van der Waals surface area contributed by atoms with Crippen molar-refractivity contribution in [3.8, 4) is 41.2 Å². The second kappa shape index (κ2) is 11.7. The molecule has 170 valence electrons. The van der Waals surface area contributed by atoms with Gasteiger partial charge < -0.3 is 9.47 Å². The van der Waals surface area contributed by atoms with Crippen LogP contribution < -0.4 is 20.5 Å². The number of terminal acetylenes is 1. The van der Waals surface area contributed by atoms with E-state index in [0.29, 0.717) is 30.1 Å². The third kappa shape index (κ3) is 5.70. The maximum absolute atomic E-state index is 12.4. The molecule has 0 aliphatic carbocycles. The van der Waals surface area contributed by atoms with Gasteiger partial charge in [-0.3, -0.25) is 9.78 Å². The van der Waals surface area contributed by atoms with Crippen LogP contribution in [0.15, 0.2) is 65.0 Å². The molecule has 0 amide bonds. The summed E-state index contributed by atoms with van der Waals surface area (Å²) in [4.78, 5) is 19.3. The maximum atomic E-state index is 12.4. The number of anilines is 1. The number of H-pyrrole nitrogens is 1. The molecule has 0 saturated carbocycles. The number of nitrogens with one attached hydrogen (secondary N) is 2. The van der Waals surface area contributed by atoms with Gasteiger partial charge in [0.15, 0.2) is 11.5 Å². The number of aromatic amines is 1. The number of rotatable bonds is 10. The SMILES string of the molecule is C#CCOc1c(CC=C)cc(C=NNc2nc(-c3ccccc3)c(C#N)c(=O)[nH]2)cc1OCC. The molecule has 0 aliphatic heterocycles.